The largest absolute Gasteiger partial charge is 0.477 e. The van der Waals surface area contributed by atoms with Gasteiger partial charge in [-0.1, -0.05) is 75.8 Å². The van der Waals surface area contributed by atoms with Crippen molar-refractivity contribution in [1.29, 1.82) is 0 Å². The van der Waals surface area contributed by atoms with Gasteiger partial charge in [-0.2, -0.15) is 0 Å². The summed E-state index contributed by atoms with van der Waals surface area (Å²) in [6.45, 7) is 2.23. The van der Waals surface area contributed by atoms with Crippen molar-refractivity contribution in [3.8, 4) is 0 Å². The molecule has 0 aliphatic carbocycles. The molecule has 2 unspecified atom stereocenters. The normalized spacial score (nSPS) is 14.3. The Balaban J connectivity index is 2.73. The summed E-state index contributed by atoms with van der Waals surface area (Å²) in [6.07, 6.45) is 9.34. The summed E-state index contributed by atoms with van der Waals surface area (Å²) in [5.74, 6) is -0.495. The minimum Gasteiger partial charge on any atom is -0.477 e. The number of likely N-dealkylation sites (N-methyl/N-ethyl adjacent to an activating group) is 1. The van der Waals surface area contributed by atoms with Crippen LogP contribution in [0.2, 0.25) is 0 Å². The first-order valence-electron chi connectivity index (χ1n) is 9.44. The number of hydrogen-bond donors (Lipinski definition) is 1. The zero-order chi connectivity index (χ0) is 18.0. The van der Waals surface area contributed by atoms with Crippen LogP contribution < -0.4 is 0 Å². The topological polar surface area (TPSA) is 37.3 Å². The summed E-state index contributed by atoms with van der Waals surface area (Å²) in [5.41, 5.74) is 1.24. The molecule has 0 saturated heterocycles. The van der Waals surface area contributed by atoms with E-state index in [2.05, 4.69) is 19.1 Å². The van der Waals surface area contributed by atoms with Crippen molar-refractivity contribution >= 4 is 5.97 Å². The van der Waals surface area contributed by atoms with Gasteiger partial charge in [-0.05, 0) is 18.4 Å². The van der Waals surface area contributed by atoms with E-state index in [0.29, 0.717) is 4.48 Å². The van der Waals surface area contributed by atoms with Gasteiger partial charge in [0.2, 0.25) is 0 Å². The molecular formula is C21H36NO2+. The maximum atomic E-state index is 11.9. The van der Waals surface area contributed by atoms with Gasteiger partial charge in [-0.15, -0.1) is 0 Å². The molecule has 0 fully saturated rings. The highest BCUT2D eigenvalue weighted by Crippen LogP contribution is 2.25. The van der Waals surface area contributed by atoms with Gasteiger partial charge in [0.1, 0.15) is 0 Å². The van der Waals surface area contributed by atoms with Crippen LogP contribution in [0.3, 0.4) is 0 Å². The number of aliphatic carboxylic acids is 1. The number of carbonyl (C=O) groups is 1. The van der Waals surface area contributed by atoms with E-state index >= 15 is 0 Å². The first kappa shape index (κ1) is 20.7. The van der Waals surface area contributed by atoms with E-state index in [-0.39, 0.29) is 12.0 Å². The summed E-state index contributed by atoms with van der Waals surface area (Å²) < 4.78 is 0.475. The van der Waals surface area contributed by atoms with E-state index < -0.39 is 5.97 Å². The smallest absolute Gasteiger partial charge is 0.362 e. The third-order valence-electron chi connectivity index (χ3n) is 4.80. The van der Waals surface area contributed by atoms with E-state index in [1.807, 2.05) is 39.3 Å². The van der Waals surface area contributed by atoms with Crippen LogP contribution >= 0.6 is 0 Å². The van der Waals surface area contributed by atoms with E-state index in [1.54, 1.807) is 0 Å². The molecule has 0 heterocycles. The van der Waals surface area contributed by atoms with Crippen LogP contribution in [-0.2, 0) is 11.2 Å². The highest BCUT2D eigenvalue weighted by Gasteiger charge is 2.38. The molecule has 1 rings (SSSR count). The zero-order valence-electron chi connectivity index (χ0n) is 16.0. The van der Waals surface area contributed by atoms with Crippen LogP contribution in [0.25, 0.3) is 0 Å². The Bertz CT molecular complexity index is 464. The molecule has 0 bridgehead atoms. The molecule has 0 aliphatic heterocycles. The predicted octanol–water partition coefficient (Wildman–Crippen LogP) is 4.76. The molecule has 1 N–H and O–H groups in total. The van der Waals surface area contributed by atoms with Gasteiger partial charge < -0.3 is 9.59 Å². The van der Waals surface area contributed by atoms with Gasteiger partial charge in [0.15, 0.2) is 6.04 Å². The van der Waals surface area contributed by atoms with E-state index in [0.717, 1.165) is 19.3 Å². The summed E-state index contributed by atoms with van der Waals surface area (Å²) in [7, 11) is 5.99. The Morgan fingerprint density at radius 1 is 1.00 bits per heavy atom. The van der Waals surface area contributed by atoms with Crippen molar-refractivity contribution in [1.82, 2.24) is 0 Å². The highest BCUT2D eigenvalue weighted by atomic mass is 16.4. The average Bonchev–Trinajstić information content (AvgIpc) is 2.50. The monoisotopic (exact) mass is 334 g/mol. The van der Waals surface area contributed by atoms with Crippen molar-refractivity contribution in [2.75, 3.05) is 21.1 Å². The lowest BCUT2D eigenvalue weighted by Gasteiger charge is -2.36. The van der Waals surface area contributed by atoms with Gasteiger partial charge in [-0.3, -0.25) is 0 Å². The lowest BCUT2D eigenvalue weighted by molar-refractivity contribution is -0.891. The number of hydrogen-bond acceptors (Lipinski definition) is 1. The van der Waals surface area contributed by atoms with Crippen LogP contribution in [0, 0.1) is 5.92 Å². The van der Waals surface area contributed by atoms with Crippen LogP contribution in [0.1, 0.15) is 57.4 Å². The van der Waals surface area contributed by atoms with Crippen molar-refractivity contribution in [3.05, 3.63) is 35.9 Å². The second kappa shape index (κ2) is 10.5. The van der Waals surface area contributed by atoms with Crippen molar-refractivity contribution < 1.29 is 14.4 Å². The van der Waals surface area contributed by atoms with Gasteiger partial charge in [0.25, 0.3) is 0 Å². The Kier molecular flexibility index (Phi) is 9.05. The second-order valence-electron chi connectivity index (χ2n) is 7.91. The zero-order valence-corrected chi connectivity index (χ0v) is 16.0. The lowest BCUT2D eigenvalue weighted by atomic mass is 9.86. The first-order valence-corrected chi connectivity index (χ1v) is 9.44. The highest BCUT2D eigenvalue weighted by molar-refractivity contribution is 5.72. The van der Waals surface area contributed by atoms with Gasteiger partial charge in [-0.25, -0.2) is 4.79 Å². The minimum absolute atomic E-state index is 0.177. The molecule has 1 aromatic carbocycles. The molecule has 0 aliphatic rings. The fourth-order valence-corrected chi connectivity index (χ4v) is 3.64. The predicted molar refractivity (Wildman–Crippen MR) is 101 cm³/mol. The summed E-state index contributed by atoms with van der Waals surface area (Å²) in [4.78, 5) is 11.9. The third-order valence-corrected chi connectivity index (χ3v) is 4.80. The molecule has 0 radical (unpaired) electrons. The summed E-state index contributed by atoms with van der Waals surface area (Å²) >= 11 is 0. The van der Waals surface area contributed by atoms with Crippen molar-refractivity contribution in [2.24, 2.45) is 5.92 Å². The molecule has 1 aromatic rings. The fraction of sp³-hybridized carbons (Fsp3) is 0.667. The number of rotatable bonds is 12. The Hall–Kier alpha value is -1.35. The average molecular weight is 335 g/mol. The number of nitrogens with zero attached hydrogens (tertiary/aromatic N) is 1. The van der Waals surface area contributed by atoms with Gasteiger partial charge in [0.05, 0.1) is 21.1 Å². The lowest BCUT2D eigenvalue weighted by Crippen LogP contribution is -2.54. The number of quaternary nitrogens is 1. The molecule has 24 heavy (non-hydrogen) atoms. The summed E-state index contributed by atoms with van der Waals surface area (Å²) in [6, 6.07) is 9.96. The van der Waals surface area contributed by atoms with Gasteiger partial charge in [0, 0.05) is 5.92 Å². The first-order chi connectivity index (χ1) is 11.4. The fourth-order valence-electron chi connectivity index (χ4n) is 3.64. The minimum atomic E-state index is -0.672. The van der Waals surface area contributed by atoms with E-state index in [1.165, 1.54) is 37.7 Å². The molecule has 3 nitrogen and oxygen atoms in total. The van der Waals surface area contributed by atoms with Crippen LogP contribution in [0.15, 0.2) is 30.3 Å². The molecule has 2 atom stereocenters. The van der Waals surface area contributed by atoms with Gasteiger partial charge >= 0.3 is 5.97 Å². The molecular weight excluding hydrogens is 298 g/mol. The maximum absolute atomic E-state index is 11.9. The SMILES string of the molecule is CCCCCCCCC(Cc1ccccc1)C(C(=O)O)[N+](C)(C)C. The number of benzene rings is 1. The van der Waals surface area contributed by atoms with E-state index in [4.69, 9.17) is 0 Å². The Morgan fingerprint density at radius 3 is 2.12 bits per heavy atom. The Morgan fingerprint density at radius 2 is 1.58 bits per heavy atom. The molecule has 0 spiro atoms. The molecule has 0 amide bonds. The number of unbranched alkanes of at least 4 members (excludes halogenated alkanes) is 5. The molecule has 3 heteroatoms. The molecule has 136 valence electrons. The quantitative estimate of drug-likeness (QED) is 0.442. The van der Waals surface area contributed by atoms with Crippen LogP contribution in [-0.4, -0.2) is 42.7 Å². The maximum Gasteiger partial charge on any atom is 0.362 e. The van der Waals surface area contributed by atoms with Crippen LogP contribution in [0.5, 0.6) is 0 Å². The standard InChI is InChI=1S/C21H35NO2/c1-5-6-7-8-9-13-16-19(17-18-14-11-10-12-15-18)20(21(23)24)22(2,3)4/h10-12,14-15,19-20H,5-9,13,16-17H2,1-4H3/p+1. The molecule has 0 aromatic heterocycles. The Labute approximate surface area is 148 Å². The summed E-state index contributed by atoms with van der Waals surface area (Å²) in [5, 5.41) is 9.81. The van der Waals surface area contributed by atoms with E-state index in [9.17, 15) is 9.90 Å². The number of carboxylic acids is 1. The molecule has 0 saturated carbocycles. The number of carboxylic acid groups (broad SMARTS) is 1. The van der Waals surface area contributed by atoms with Crippen LogP contribution in [0.4, 0.5) is 0 Å². The van der Waals surface area contributed by atoms with Crippen molar-refractivity contribution in [2.45, 2.75) is 64.3 Å². The third kappa shape index (κ3) is 7.48. The second-order valence-corrected chi connectivity index (χ2v) is 7.91. The van der Waals surface area contributed by atoms with Crippen molar-refractivity contribution in [3.63, 3.8) is 0 Å².